The third-order valence-electron chi connectivity index (χ3n) is 3.76. The Morgan fingerprint density at radius 3 is 3.06 bits per heavy atom. The average Bonchev–Trinajstić information content (AvgIpc) is 3.15. The molecular formula is C14H20N2O2. The highest BCUT2D eigenvalue weighted by Gasteiger charge is 2.40. The molecule has 1 aliphatic heterocycles. The molecule has 18 heavy (non-hydrogen) atoms. The van der Waals surface area contributed by atoms with Crippen molar-refractivity contribution in [3.63, 3.8) is 0 Å². The summed E-state index contributed by atoms with van der Waals surface area (Å²) in [6, 6.07) is 6.37. The van der Waals surface area contributed by atoms with E-state index in [4.69, 9.17) is 9.47 Å². The summed E-state index contributed by atoms with van der Waals surface area (Å²) in [4.78, 5) is 4.41. The van der Waals surface area contributed by atoms with E-state index >= 15 is 0 Å². The van der Waals surface area contributed by atoms with E-state index in [9.17, 15) is 0 Å². The van der Waals surface area contributed by atoms with Gasteiger partial charge >= 0.3 is 0 Å². The summed E-state index contributed by atoms with van der Waals surface area (Å²) in [5, 5.41) is 3.58. The molecule has 0 aromatic carbocycles. The van der Waals surface area contributed by atoms with E-state index in [1.54, 1.807) is 7.11 Å². The molecule has 2 aliphatic rings. The summed E-state index contributed by atoms with van der Waals surface area (Å²) in [5.74, 6) is 1.47. The Morgan fingerprint density at radius 2 is 2.28 bits per heavy atom. The van der Waals surface area contributed by atoms with Gasteiger partial charge in [0.05, 0.1) is 18.9 Å². The molecule has 1 N–H and O–H groups in total. The first-order chi connectivity index (χ1) is 8.86. The Labute approximate surface area is 108 Å². The summed E-state index contributed by atoms with van der Waals surface area (Å²) in [6.07, 6.45) is 4.21. The first-order valence-corrected chi connectivity index (χ1v) is 6.72. The van der Waals surface area contributed by atoms with Crippen molar-refractivity contribution < 1.29 is 9.47 Å². The van der Waals surface area contributed by atoms with Crippen LogP contribution < -0.4 is 10.1 Å². The molecule has 1 saturated heterocycles. The summed E-state index contributed by atoms with van der Waals surface area (Å²) in [6.45, 7) is 1.68. The first kappa shape index (κ1) is 11.9. The van der Waals surface area contributed by atoms with Crippen LogP contribution in [-0.4, -0.2) is 30.8 Å². The lowest BCUT2D eigenvalue weighted by atomic mass is 10.1. The molecule has 0 amide bonds. The van der Waals surface area contributed by atoms with Gasteiger partial charge in [0.2, 0.25) is 5.88 Å². The number of nitrogens with zero attached hydrogens (tertiary/aromatic N) is 1. The van der Waals surface area contributed by atoms with E-state index in [-0.39, 0.29) is 0 Å². The topological polar surface area (TPSA) is 43.4 Å². The number of aromatic nitrogens is 1. The van der Waals surface area contributed by atoms with E-state index in [2.05, 4.69) is 10.3 Å². The van der Waals surface area contributed by atoms with Crippen molar-refractivity contribution in [2.75, 3.05) is 13.7 Å². The maximum atomic E-state index is 5.82. The van der Waals surface area contributed by atoms with Gasteiger partial charge in [-0.1, -0.05) is 6.07 Å². The zero-order chi connectivity index (χ0) is 12.4. The fraction of sp³-hybridized carbons (Fsp3) is 0.643. The highest BCUT2D eigenvalue weighted by Crippen LogP contribution is 2.38. The predicted molar refractivity (Wildman–Crippen MR) is 68.5 cm³/mol. The molecule has 1 aromatic heterocycles. The maximum absolute atomic E-state index is 5.82. The normalized spacial score (nSPS) is 27.4. The third-order valence-corrected chi connectivity index (χ3v) is 3.76. The van der Waals surface area contributed by atoms with Crippen LogP contribution in [0.25, 0.3) is 0 Å². The second-order valence-corrected chi connectivity index (χ2v) is 5.12. The Hall–Kier alpha value is -1.13. The zero-order valence-electron chi connectivity index (χ0n) is 10.8. The van der Waals surface area contributed by atoms with Crippen LogP contribution in [0.3, 0.4) is 0 Å². The van der Waals surface area contributed by atoms with E-state index < -0.39 is 0 Å². The molecule has 2 heterocycles. The highest BCUT2D eigenvalue weighted by atomic mass is 16.5. The molecule has 0 spiro atoms. The molecular weight excluding hydrogens is 228 g/mol. The van der Waals surface area contributed by atoms with Gasteiger partial charge in [-0.3, -0.25) is 0 Å². The second kappa shape index (κ2) is 5.24. The summed E-state index contributed by atoms with van der Waals surface area (Å²) >= 11 is 0. The van der Waals surface area contributed by atoms with Crippen LogP contribution >= 0.6 is 0 Å². The number of methoxy groups -OCH3 is 1. The van der Waals surface area contributed by atoms with Crippen LogP contribution in [0, 0.1) is 5.92 Å². The fourth-order valence-corrected chi connectivity index (χ4v) is 2.62. The van der Waals surface area contributed by atoms with Gasteiger partial charge in [-0.2, -0.15) is 0 Å². The Balaban J connectivity index is 1.56. The van der Waals surface area contributed by atoms with Crippen LogP contribution in [0.5, 0.6) is 5.88 Å². The molecule has 1 aliphatic carbocycles. The van der Waals surface area contributed by atoms with Crippen LogP contribution in [0.15, 0.2) is 18.2 Å². The van der Waals surface area contributed by atoms with E-state index in [1.165, 1.54) is 12.8 Å². The predicted octanol–water partition coefficient (Wildman–Crippen LogP) is 1.75. The molecule has 3 rings (SSSR count). The maximum Gasteiger partial charge on any atom is 0.213 e. The third kappa shape index (κ3) is 2.65. The van der Waals surface area contributed by atoms with E-state index in [0.29, 0.717) is 18.0 Å². The number of pyridine rings is 1. The number of rotatable bonds is 5. The van der Waals surface area contributed by atoms with Crippen molar-refractivity contribution in [2.24, 2.45) is 5.92 Å². The summed E-state index contributed by atoms with van der Waals surface area (Å²) in [7, 11) is 1.65. The Bertz CT molecular complexity index is 407. The average molecular weight is 248 g/mol. The van der Waals surface area contributed by atoms with E-state index in [1.807, 2.05) is 18.2 Å². The van der Waals surface area contributed by atoms with Gasteiger partial charge in [0.25, 0.3) is 0 Å². The lowest BCUT2D eigenvalue weighted by Crippen LogP contribution is -2.37. The Morgan fingerprint density at radius 1 is 1.39 bits per heavy atom. The monoisotopic (exact) mass is 248 g/mol. The number of ether oxygens (including phenoxy) is 2. The van der Waals surface area contributed by atoms with Crippen LogP contribution in [-0.2, 0) is 11.3 Å². The Kier molecular flexibility index (Phi) is 3.48. The fourth-order valence-electron chi connectivity index (χ4n) is 2.62. The minimum Gasteiger partial charge on any atom is -0.481 e. The second-order valence-electron chi connectivity index (χ2n) is 5.12. The quantitative estimate of drug-likeness (QED) is 0.862. The molecule has 2 fully saturated rings. The molecule has 0 radical (unpaired) electrons. The number of hydrogen-bond donors (Lipinski definition) is 1. The van der Waals surface area contributed by atoms with Gasteiger partial charge in [-0.05, 0) is 31.2 Å². The van der Waals surface area contributed by atoms with Crippen LogP contribution in [0.1, 0.15) is 25.0 Å². The van der Waals surface area contributed by atoms with Gasteiger partial charge in [-0.15, -0.1) is 0 Å². The minimum absolute atomic E-state index is 0.426. The first-order valence-electron chi connectivity index (χ1n) is 6.72. The molecule has 4 nitrogen and oxygen atoms in total. The standard InChI is InChI=1S/C14H20N2O2/c1-17-13-4-2-3-11(16-13)9-15-12-7-8-18-14(12)10-5-6-10/h2-4,10,12,14-15H,5-9H2,1H3. The van der Waals surface area contributed by atoms with Gasteiger partial charge in [0.15, 0.2) is 0 Å². The SMILES string of the molecule is COc1cccc(CNC2CCOC2C2CC2)n1. The van der Waals surface area contributed by atoms with Crippen molar-refractivity contribution in [2.45, 2.75) is 38.0 Å². The van der Waals surface area contributed by atoms with Crippen molar-refractivity contribution in [1.29, 1.82) is 0 Å². The molecule has 2 atom stereocenters. The zero-order valence-corrected chi connectivity index (χ0v) is 10.8. The van der Waals surface area contributed by atoms with Crippen molar-refractivity contribution in [3.8, 4) is 5.88 Å². The summed E-state index contributed by atoms with van der Waals surface area (Å²) < 4.78 is 10.9. The van der Waals surface area contributed by atoms with Gasteiger partial charge in [0.1, 0.15) is 0 Å². The van der Waals surface area contributed by atoms with Gasteiger partial charge < -0.3 is 14.8 Å². The highest BCUT2D eigenvalue weighted by molar-refractivity contribution is 5.15. The smallest absolute Gasteiger partial charge is 0.213 e. The van der Waals surface area contributed by atoms with Crippen molar-refractivity contribution in [3.05, 3.63) is 23.9 Å². The number of nitrogens with one attached hydrogen (secondary N) is 1. The lowest BCUT2D eigenvalue weighted by Gasteiger charge is -2.19. The van der Waals surface area contributed by atoms with Gasteiger partial charge in [-0.25, -0.2) is 4.98 Å². The van der Waals surface area contributed by atoms with E-state index in [0.717, 1.165) is 31.2 Å². The number of hydrogen-bond acceptors (Lipinski definition) is 4. The van der Waals surface area contributed by atoms with Crippen LogP contribution in [0.2, 0.25) is 0 Å². The minimum atomic E-state index is 0.426. The molecule has 1 saturated carbocycles. The molecule has 4 heteroatoms. The van der Waals surface area contributed by atoms with Crippen molar-refractivity contribution >= 4 is 0 Å². The summed E-state index contributed by atoms with van der Waals surface area (Å²) in [5.41, 5.74) is 1.02. The van der Waals surface area contributed by atoms with Crippen LogP contribution in [0.4, 0.5) is 0 Å². The molecule has 2 unspecified atom stereocenters. The molecule has 0 bridgehead atoms. The molecule has 98 valence electrons. The lowest BCUT2D eigenvalue weighted by molar-refractivity contribution is 0.0808. The van der Waals surface area contributed by atoms with Crippen molar-refractivity contribution in [1.82, 2.24) is 10.3 Å². The largest absolute Gasteiger partial charge is 0.481 e. The molecule has 1 aromatic rings. The van der Waals surface area contributed by atoms with Gasteiger partial charge in [0, 0.05) is 25.3 Å².